The third-order valence-corrected chi connectivity index (χ3v) is 1.66. The first kappa shape index (κ1) is 12.4. The Hall–Kier alpha value is -1.59. The van der Waals surface area contributed by atoms with Crippen LogP contribution in [-0.2, 0) is 14.4 Å². The Morgan fingerprint density at radius 3 is 2.07 bits per heavy atom. The quantitative estimate of drug-likeness (QED) is 0.568. The summed E-state index contributed by atoms with van der Waals surface area (Å²) in [5.74, 6) is -3.53. The molecule has 0 aliphatic carbocycles. The molecule has 6 nitrogen and oxygen atoms in total. The number of amides is 1. The second kappa shape index (κ2) is 5.21. The fourth-order valence-corrected chi connectivity index (χ4v) is 0.772. The van der Waals surface area contributed by atoms with Gasteiger partial charge in [0.25, 0.3) is 0 Å². The van der Waals surface area contributed by atoms with Gasteiger partial charge in [-0.15, -0.1) is 0 Å². The van der Waals surface area contributed by atoms with E-state index >= 15 is 0 Å². The van der Waals surface area contributed by atoms with Crippen LogP contribution >= 0.6 is 0 Å². The van der Waals surface area contributed by atoms with Gasteiger partial charge in [-0.2, -0.15) is 0 Å². The molecule has 0 aromatic carbocycles. The van der Waals surface area contributed by atoms with Crippen molar-refractivity contribution < 1.29 is 24.6 Å². The van der Waals surface area contributed by atoms with E-state index in [1.165, 1.54) is 13.8 Å². The van der Waals surface area contributed by atoms with Crippen molar-refractivity contribution in [1.29, 1.82) is 0 Å². The minimum Gasteiger partial charge on any atom is -0.481 e. The molecule has 0 aromatic rings. The van der Waals surface area contributed by atoms with Crippen LogP contribution in [0.15, 0.2) is 0 Å². The largest absolute Gasteiger partial charge is 0.481 e. The molecule has 1 unspecified atom stereocenters. The van der Waals surface area contributed by atoms with Crippen LogP contribution in [0.2, 0.25) is 0 Å². The predicted molar refractivity (Wildman–Crippen MR) is 46.7 cm³/mol. The molecule has 0 saturated heterocycles. The standard InChI is InChI=1S/C8H13NO5/c1-4(3-6(10)11)7(12)9-5(2)8(13)14/h4-5H,3H2,1-2H3,(H,9,12)(H,10,11)(H,13,14)/t4?,5-/m0/s1. The summed E-state index contributed by atoms with van der Waals surface area (Å²) in [5.41, 5.74) is 0. The molecule has 0 rings (SSSR count). The van der Waals surface area contributed by atoms with Gasteiger partial charge in [0.2, 0.25) is 5.91 Å². The van der Waals surface area contributed by atoms with Crippen molar-refractivity contribution in [1.82, 2.24) is 5.32 Å². The second-order valence-electron chi connectivity index (χ2n) is 3.07. The summed E-state index contributed by atoms with van der Waals surface area (Å²) in [7, 11) is 0. The molecule has 0 fully saturated rings. The minimum absolute atomic E-state index is 0.307. The summed E-state index contributed by atoms with van der Waals surface area (Å²) in [6, 6.07) is -1.00. The summed E-state index contributed by atoms with van der Waals surface area (Å²) in [6.45, 7) is 2.74. The fraction of sp³-hybridized carbons (Fsp3) is 0.625. The molecule has 0 aliphatic rings. The number of carbonyl (C=O) groups excluding carboxylic acids is 1. The number of aliphatic carboxylic acids is 2. The van der Waals surface area contributed by atoms with E-state index in [4.69, 9.17) is 10.2 Å². The summed E-state index contributed by atoms with van der Waals surface area (Å²) < 4.78 is 0. The Bertz CT molecular complexity index is 250. The Morgan fingerprint density at radius 1 is 1.21 bits per heavy atom. The van der Waals surface area contributed by atoms with Gasteiger partial charge in [0.15, 0.2) is 0 Å². The molecule has 14 heavy (non-hydrogen) atoms. The van der Waals surface area contributed by atoms with Gasteiger partial charge in [0.05, 0.1) is 6.42 Å². The molecule has 0 heterocycles. The van der Waals surface area contributed by atoms with Crippen molar-refractivity contribution in [2.75, 3.05) is 0 Å². The van der Waals surface area contributed by atoms with E-state index in [1.807, 2.05) is 0 Å². The van der Waals surface area contributed by atoms with Gasteiger partial charge in [-0.3, -0.25) is 14.4 Å². The molecule has 0 saturated carbocycles. The fourth-order valence-electron chi connectivity index (χ4n) is 0.772. The van der Waals surface area contributed by atoms with Crippen molar-refractivity contribution in [3.63, 3.8) is 0 Å². The van der Waals surface area contributed by atoms with Crippen molar-refractivity contribution >= 4 is 17.8 Å². The number of carbonyl (C=O) groups is 3. The number of rotatable bonds is 5. The van der Waals surface area contributed by atoms with Gasteiger partial charge in [-0.1, -0.05) is 6.92 Å². The van der Waals surface area contributed by atoms with E-state index in [9.17, 15) is 14.4 Å². The van der Waals surface area contributed by atoms with Crippen LogP contribution in [0.25, 0.3) is 0 Å². The molecule has 2 atom stereocenters. The molecule has 80 valence electrons. The van der Waals surface area contributed by atoms with Crippen molar-refractivity contribution in [3.05, 3.63) is 0 Å². The lowest BCUT2D eigenvalue weighted by atomic mass is 10.1. The van der Waals surface area contributed by atoms with E-state index in [2.05, 4.69) is 5.32 Å². The molecule has 0 aromatic heterocycles. The summed E-state index contributed by atoms with van der Waals surface area (Å²) in [4.78, 5) is 31.7. The van der Waals surface area contributed by atoms with Crippen LogP contribution in [0, 0.1) is 5.92 Å². The maximum atomic E-state index is 11.2. The average molecular weight is 203 g/mol. The summed E-state index contributed by atoms with van der Waals surface area (Å²) in [6.07, 6.45) is -0.307. The third-order valence-electron chi connectivity index (χ3n) is 1.66. The first-order chi connectivity index (χ1) is 6.34. The van der Waals surface area contributed by atoms with E-state index in [0.29, 0.717) is 0 Å². The van der Waals surface area contributed by atoms with Crippen molar-refractivity contribution in [2.45, 2.75) is 26.3 Å². The first-order valence-corrected chi connectivity index (χ1v) is 4.09. The first-order valence-electron chi connectivity index (χ1n) is 4.09. The van der Waals surface area contributed by atoms with Gasteiger partial charge < -0.3 is 15.5 Å². The number of carboxylic acids is 2. The highest BCUT2D eigenvalue weighted by atomic mass is 16.4. The Kier molecular flexibility index (Phi) is 4.62. The zero-order valence-electron chi connectivity index (χ0n) is 7.98. The van der Waals surface area contributed by atoms with Gasteiger partial charge in [0, 0.05) is 5.92 Å². The zero-order valence-corrected chi connectivity index (χ0v) is 7.98. The molecule has 0 spiro atoms. The predicted octanol–water partition coefficient (Wildman–Crippen LogP) is -0.313. The van der Waals surface area contributed by atoms with Crippen LogP contribution in [0.1, 0.15) is 20.3 Å². The van der Waals surface area contributed by atoms with E-state index in [1.54, 1.807) is 0 Å². The molecular formula is C8H13NO5. The highest BCUT2D eigenvalue weighted by molar-refractivity contribution is 5.86. The molecule has 6 heteroatoms. The Morgan fingerprint density at radius 2 is 1.71 bits per heavy atom. The molecule has 1 amide bonds. The average Bonchev–Trinajstić information content (AvgIpc) is 2.02. The highest BCUT2D eigenvalue weighted by Crippen LogP contribution is 2.01. The van der Waals surface area contributed by atoms with E-state index < -0.39 is 29.8 Å². The van der Waals surface area contributed by atoms with Gasteiger partial charge in [-0.25, -0.2) is 0 Å². The Balaban J connectivity index is 4.07. The lowest BCUT2D eigenvalue weighted by Gasteiger charge is -2.12. The number of hydrogen-bond donors (Lipinski definition) is 3. The number of nitrogens with one attached hydrogen (secondary N) is 1. The van der Waals surface area contributed by atoms with Crippen LogP contribution in [0.4, 0.5) is 0 Å². The maximum Gasteiger partial charge on any atom is 0.325 e. The highest BCUT2D eigenvalue weighted by Gasteiger charge is 2.20. The zero-order chi connectivity index (χ0) is 11.3. The monoisotopic (exact) mass is 203 g/mol. The van der Waals surface area contributed by atoms with Crippen LogP contribution < -0.4 is 5.32 Å². The van der Waals surface area contributed by atoms with Gasteiger partial charge >= 0.3 is 11.9 Å². The third kappa shape index (κ3) is 4.44. The minimum atomic E-state index is -1.15. The molecule has 0 bridgehead atoms. The summed E-state index contributed by atoms with van der Waals surface area (Å²) in [5, 5.41) is 19.0. The topological polar surface area (TPSA) is 104 Å². The van der Waals surface area contributed by atoms with Crippen molar-refractivity contribution in [3.8, 4) is 0 Å². The SMILES string of the molecule is CC(CC(=O)O)C(=O)N[C@@H](C)C(=O)O. The maximum absolute atomic E-state index is 11.2. The lowest BCUT2D eigenvalue weighted by Crippen LogP contribution is -2.41. The molecule has 0 aliphatic heterocycles. The number of carboxylic acid groups (broad SMARTS) is 2. The smallest absolute Gasteiger partial charge is 0.325 e. The lowest BCUT2D eigenvalue weighted by molar-refractivity contribution is -0.143. The number of hydrogen-bond acceptors (Lipinski definition) is 3. The van der Waals surface area contributed by atoms with Crippen LogP contribution in [0.3, 0.4) is 0 Å². The Labute approximate surface area is 80.9 Å². The second-order valence-corrected chi connectivity index (χ2v) is 3.07. The van der Waals surface area contributed by atoms with Gasteiger partial charge in [0.1, 0.15) is 6.04 Å². The molecular weight excluding hydrogens is 190 g/mol. The molecule has 3 N–H and O–H groups in total. The summed E-state index contributed by atoms with van der Waals surface area (Å²) >= 11 is 0. The van der Waals surface area contributed by atoms with E-state index in [-0.39, 0.29) is 6.42 Å². The molecule has 0 radical (unpaired) electrons. The van der Waals surface area contributed by atoms with Crippen molar-refractivity contribution in [2.24, 2.45) is 5.92 Å². The van der Waals surface area contributed by atoms with Crippen LogP contribution in [-0.4, -0.2) is 34.1 Å². The van der Waals surface area contributed by atoms with E-state index in [0.717, 1.165) is 0 Å². The van der Waals surface area contributed by atoms with Gasteiger partial charge in [-0.05, 0) is 6.92 Å². The normalized spacial score (nSPS) is 14.1. The van der Waals surface area contributed by atoms with Crippen LogP contribution in [0.5, 0.6) is 0 Å².